The van der Waals surface area contributed by atoms with Crippen molar-refractivity contribution in [2.45, 2.75) is 13.0 Å². The highest BCUT2D eigenvalue weighted by atomic mass is 16.5. The lowest BCUT2D eigenvalue weighted by molar-refractivity contribution is 0.0422. The summed E-state index contributed by atoms with van der Waals surface area (Å²) in [5, 5.41) is 0. The second kappa shape index (κ2) is 3.38. The fourth-order valence-corrected chi connectivity index (χ4v) is 1.62. The number of methoxy groups -OCH3 is 1. The summed E-state index contributed by atoms with van der Waals surface area (Å²) < 4.78 is 9.60. The van der Waals surface area contributed by atoms with E-state index in [9.17, 15) is 9.59 Å². The van der Waals surface area contributed by atoms with Crippen LogP contribution in [0.5, 0.6) is 0 Å². The molecule has 0 aromatic heterocycles. The quantitative estimate of drug-likeness (QED) is 0.656. The summed E-state index contributed by atoms with van der Waals surface area (Å²) in [7, 11) is 1.32. The van der Waals surface area contributed by atoms with Crippen LogP contribution >= 0.6 is 0 Å². The van der Waals surface area contributed by atoms with Gasteiger partial charge in [0.25, 0.3) is 0 Å². The molecule has 0 N–H and O–H groups in total. The van der Waals surface area contributed by atoms with Gasteiger partial charge in [-0.3, -0.25) is 0 Å². The molecule has 4 heteroatoms. The highest BCUT2D eigenvalue weighted by Gasteiger charge is 2.28. The lowest BCUT2D eigenvalue weighted by Gasteiger charge is -2.03. The second-order valence-electron chi connectivity index (χ2n) is 3.34. The molecule has 1 heterocycles. The maximum Gasteiger partial charge on any atom is 0.339 e. The van der Waals surface area contributed by atoms with E-state index in [0.29, 0.717) is 11.1 Å². The van der Waals surface area contributed by atoms with Gasteiger partial charge in [0.05, 0.1) is 18.2 Å². The molecule has 1 atom stereocenters. The van der Waals surface area contributed by atoms with E-state index in [4.69, 9.17) is 4.74 Å². The molecule has 0 amide bonds. The first-order valence-electron chi connectivity index (χ1n) is 4.56. The number of cyclic esters (lactones) is 1. The molecule has 0 radical (unpaired) electrons. The van der Waals surface area contributed by atoms with Crippen molar-refractivity contribution in [3.63, 3.8) is 0 Å². The largest absolute Gasteiger partial charge is 0.465 e. The van der Waals surface area contributed by atoms with E-state index in [1.807, 2.05) is 0 Å². The van der Waals surface area contributed by atoms with Crippen LogP contribution in [0.15, 0.2) is 18.2 Å². The third-order valence-corrected chi connectivity index (χ3v) is 2.41. The van der Waals surface area contributed by atoms with E-state index < -0.39 is 5.97 Å². The third kappa shape index (κ3) is 1.48. The Morgan fingerprint density at radius 1 is 1.47 bits per heavy atom. The van der Waals surface area contributed by atoms with Gasteiger partial charge in [0, 0.05) is 5.56 Å². The molecule has 0 bridgehead atoms. The molecule has 1 aliphatic rings. The van der Waals surface area contributed by atoms with Crippen molar-refractivity contribution in [2.24, 2.45) is 0 Å². The van der Waals surface area contributed by atoms with E-state index in [1.54, 1.807) is 25.1 Å². The van der Waals surface area contributed by atoms with Gasteiger partial charge < -0.3 is 9.47 Å². The fourth-order valence-electron chi connectivity index (χ4n) is 1.62. The Balaban J connectivity index is 2.47. The lowest BCUT2D eigenvalue weighted by atomic mass is 10.0. The van der Waals surface area contributed by atoms with Gasteiger partial charge in [-0.1, -0.05) is 0 Å². The van der Waals surface area contributed by atoms with Crippen molar-refractivity contribution in [3.05, 3.63) is 34.9 Å². The molecule has 15 heavy (non-hydrogen) atoms. The summed E-state index contributed by atoms with van der Waals surface area (Å²) in [6.45, 7) is 1.77. The molecule has 0 spiro atoms. The van der Waals surface area contributed by atoms with Crippen molar-refractivity contribution < 1.29 is 19.1 Å². The first-order chi connectivity index (χ1) is 7.13. The van der Waals surface area contributed by atoms with Crippen molar-refractivity contribution in [2.75, 3.05) is 7.11 Å². The standard InChI is InChI=1S/C11H10O4/c1-6-9-5-7(10(12)14-2)3-4-8(9)11(13)15-6/h3-6H,1-2H3. The lowest BCUT2D eigenvalue weighted by Crippen LogP contribution is -2.02. The third-order valence-electron chi connectivity index (χ3n) is 2.41. The number of carbonyl (C=O) groups excluding carboxylic acids is 2. The van der Waals surface area contributed by atoms with E-state index in [1.165, 1.54) is 7.11 Å². The van der Waals surface area contributed by atoms with Gasteiger partial charge in [0.2, 0.25) is 0 Å². The van der Waals surface area contributed by atoms with E-state index in [-0.39, 0.29) is 12.1 Å². The summed E-state index contributed by atoms with van der Waals surface area (Å²) in [5.74, 6) is -0.752. The average molecular weight is 206 g/mol. The number of fused-ring (bicyclic) bond motifs is 1. The topological polar surface area (TPSA) is 52.6 Å². The zero-order valence-corrected chi connectivity index (χ0v) is 8.44. The van der Waals surface area contributed by atoms with Crippen molar-refractivity contribution in [3.8, 4) is 0 Å². The van der Waals surface area contributed by atoms with Gasteiger partial charge in [-0.15, -0.1) is 0 Å². The first kappa shape index (κ1) is 9.71. The van der Waals surface area contributed by atoms with Crippen LogP contribution in [-0.2, 0) is 9.47 Å². The zero-order chi connectivity index (χ0) is 11.0. The highest BCUT2D eigenvalue weighted by molar-refractivity contribution is 5.96. The summed E-state index contributed by atoms with van der Waals surface area (Å²) in [5.41, 5.74) is 1.69. The summed E-state index contributed by atoms with van der Waals surface area (Å²) in [6, 6.07) is 4.79. The molecular weight excluding hydrogens is 196 g/mol. The molecule has 1 aromatic carbocycles. The van der Waals surface area contributed by atoms with Crippen LogP contribution in [0.2, 0.25) is 0 Å². The van der Waals surface area contributed by atoms with E-state index in [0.717, 1.165) is 5.56 Å². The van der Waals surface area contributed by atoms with Gasteiger partial charge in [-0.25, -0.2) is 9.59 Å². The molecule has 1 unspecified atom stereocenters. The minimum atomic E-state index is -0.413. The van der Waals surface area contributed by atoms with Crippen LogP contribution < -0.4 is 0 Å². The Labute approximate surface area is 86.8 Å². The predicted molar refractivity (Wildman–Crippen MR) is 51.6 cm³/mol. The number of benzene rings is 1. The Morgan fingerprint density at radius 2 is 2.20 bits per heavy atom. The smallest absolute Gasteiger partial charge is 0.339 e. The fraction of sp³-hybridized carbons (Fsp3) is 0.273. The van der Waals surface area contributed by atoms with E-state index >= 15 is 0 Å². The Morgan fingerprint density at radius 3 is 2.87 bits per heavy atom. The monoisotopic (exact) mass is 206 g/mol. The number of carbonyl (C=O) groups is 2. The number of esters is 2. The van der Waals surface area contributed by atoms with Crippen LogP contribution in [-0.4, -0.2) is 19.0 Å². The van der Waals surface area contributed by atoms with Gasteiger partial charge in [-0.2, -0.15) is 0 Å². The molecule has 2 rings (SSSR count). The molecular formula is C11H10O4. The van der Waals surface area contributed by atoms with Gasteiger partial charge in [0.15, 0.2) is 0 Å². The molecule has 78 valence electrons. The van der Waals surface area contributed by atoms with Crippen LogP contribution in [0.25, 0.3) is 0 Å². The second-order valence-corrected chi connectivity index (χ2v) is 3.34. The molecule has 1 aromatic rings. The Hall–Kier alpha value is -1.84. The minimum Gasteiger partial charge on any atom is -0.465 e. The number of hydrogen-bond acceptors (Lipinski definition) is 4. The molecule has 0 saturated heterocycles. The Bertz CT molecular complexity index is 436. The number of hydrogen-bond donors (Lipinski definition) is 0. The van der Waals surface area contributed by atoms with Gasteiger partial charge in [0.1, 0.15) is 6.10 Å². The highest BCUT2D eigenvalue weighted by Crippen LogP contribution is 2.30. The molecule has 1 aliphatic heterocycles. The molecule has 0 aliphatic carbocycles. The average Bonchev–Trinajstić information content (AvgIpc) is 2.53. The summed E-state index contributed by atoms with van der Waals surface area (Å²) in [6.07, 6.45) is -0.294. The number of ether oxygens (including phenoxy) is 2. The normalized spacial score (nSPS) is 18.3. The minimum absolute atomic E-state index is 0.294. The maximum atomic E-state index is 11.3. The first-order valence-corrected chi connectivity index (χ1v) is 4.56. The predicted octanol–water partition coefficient (Wildman–Crippen LogP) is 1.70. The van der Waals surface area contributed by atoms with Crippen molar-refractivity contribution >= 4 is 11.9 Å². The SMILES string of the molecule is COC(=O)c1ccc2c(c1)C(C)OC2=O. The van der Waals surface area contributed by atoms with Crippen molar-refractivity contribution in [1.82, 2.24) is 0 Å². The molecule has 0 fully saturated rings. The van der Waals surface area contributed by atoms with Crippen molar-refractivity contribution in [1.29, 1.82) is 0 Å². The zero-order valence-electron chi connectivity index (χ0n) is 8.44. The summed E-state index contributed by atoms with van der Waals surface area (Å²) >= 11 is 0. The number of rotatable bonds is 1. The molecule has 0 saturated carbocycles. The van der Waals surface area contributed by atoms with Gasteiger partial charge >= 0.3 is 11.9 Å². The van der Waals surface area contributed by atoms with Crippen LogP contribution in [0.3, 0.4) is 0 Å². The van der Waals surface area contributed by atoms with Crippen LogP contribution in [0.1, 0.15) is 39.3 Å². The Kier molecular flexibility index (Phi) is 2.19. The van der Waals surface area contributed by atoms with Crippen LogP contribution in [0.4, 0.5) is 0 Å². The van der Waals surface area contributed by atoms with Gasteiger partial charge in [-0.05, 0) is 25.1 Å². The van der Waals surface area contributed by atoms with E-state index in [2.05, 4.69) is 4.74 Å². The summed E-state index contributed by atoms with van der Waals surface area (Å²) in [4.78, 5) is 22.5. The maximum absolute atomic E-state index is 11.3. The molecule has 4 nitrogen and oxygen atoms in total. The van der Waals surface area contributed by atoms with Crippen LogP contribution in [0, 0.1) is 0 Å².